The quantitative estimate of drug-likeness (QED) is 0.276. The number of aliphatic imine (C=N–C) groups is 1. The zero-order valence-corrected chi connectivity index (χ0v) is 22.3. The molecule has 1 aromatic carbocycles. The molecule has 7 nitrogen and oxygen atoms in total. The van der Waals surface area contributed by atoms with Crippen molar-refractivity contribution in [2.24, 2.45) is 23.9 Å². The van der Waals surface area contributed by atoms with Crippen LogP contribution in [0, 0.1) is 18.8 Å². The Labute approximate surface area is 209 Å². The molecule has 3 rings (SSSR count). The fourth-order valence-electron chi connectivity index (χ4n) is 4.25. The number of hydrogen-bond acceptors (Lipinski definition) is 4. The highest BCUT2D eigenvalue weighted by Crippen LogP contribution is 2.30. The second-order valence-corrected chi connectivity index (χ2v) is 8.77. The lowest BCUT2D eigenvalue weighted by atomic mass is 9.81. The summed E-state index contributed by atoms with van der Waals surface area (Å²) in [4.78, 5) is 4.78. The molecule has 1 aromatic heterocycles. The van der Waals surface area contributed by atoms with E-state index < -0.39 is 0 Å². The zero-order valence-electron chi connectivity index (χ0n) is 19.9. The van der Waals surface area contributed by atoms with Gasteiger partial charge in [-0.1, -0.05) is 38.3 Å². The predicted octanol–water partition coefficient (Wildman–Crippen LogP) is 4.24. The van der Waals surface area contributed by atoms with E-state index in [4.69, 9.17) is 9.73 Å². The van der Waals surface area contributed by atoms with E-state index in [1.54, 1.807) is 7.11 Å². The smallest absolute Gasteiger partial charge is 0.191 e. The molecule has 1 aliphatic rings. The van der Waals surface area contributed by atoms with Gasteiger partial charge in [-0.15, -0.1) is 34.2 Å². The van der Waals surface area contributed by atoms with Crippen molar-refractivity contribution in [3.63, 3.8) is 0 Å². The number of guanidine groups is 1. The Kier molecular flexibility index (Phi) is 11.3. The lowest BCUT2D eigenvalue weighted by molar-refractivity contribution is 0.270. The number of aryl methyl sites for hydroxylation is 1. The molecule has 0 spiro atoms. The summed E-state index contributed by atoms with van der Waals surface area (Å²) in [6.45, 7) is 6.61. The van der Waals surface area contributed by atoms with Crippen molar-refractivity contribution in [1.29, 1.82) is 0 Å². The molecule has 1 saturated carbocycles. The monoisotopic (exact) mass is 554 g/mol. The van der Waals surface area contributed by atoms with Gasteiger partial charge < -0.3 is 19.9 Å². The van der Waals surface area contributed by atoms with E-state index in [2.05, 4.69) is 39.9 Å². The van der Waals surface area contributed by atoms with Crippen molar-refractivity contribution in [3.8, 4) is 5.75 Å². The maximum atomic E-state index is 5.24. The van der Waals surface area contributed by atoms with E-state index in [-0.39, 0.29) is 24.0 Å². The number of aromatic nitrogens is 3. The predicted molar refractivity (Wildman–Crippen MR) is 141 cm³/mol. The molecule has 0 amide bonds. The molecule has 1 heterocycles. The van der Waals surface area contributed by atoms with E-state index in [0.29, 0.717) is 6.54 Å². The minimum atomic E-state index is 0. The molecule has 2 aromatic rings. The van der Waals surface area contributed by atoms with Crippen LogP contribution < -0.4 is 15.4 Å². The number of nitrogens with zero attached hydrogens (tertiary/aromatic N) is 4. The van der Waals surface area contributed by atoms with Gasteiger partial charge in [0.15, 0.2) is 11.8 Å². The highest BCUT2D eigenvalue weighted by Gasteiger charge is 2.18. The fraction of sp³-hybridized carbons (Fsp3) is 0.625. The Balaban J connectivity index is 0.00000363. The van der Waals surface area contributed by atoms with Crippen molar-refractivity contribution in [2.45, 2.75) is 58.9 Å². The Morgan fingerprint density at radius 2 is 1.91 bits per heavy atom. The van der Waals surface area contributed by atoms with Crippen LogP contribution in [0.2, 0.25) is 0 Å². The lowest BCUT2D eigenvalue weighted by Gasteiger charge is -2.26. The number of ether oxygens (including phenoxy) is 1. The highest BCUT2D eigenvalue weighted by molar-refractivity contribution is 14.0. The van der Waals surface area contributed by atoms with Gasteiger partial charge in [-0.05, 0) is 55.7 Å². The van der Waals surface area contributed by atoms with Crippen LogP contribution in [0.1, 0.15) is 56.2 Å². The second kappa shape index (κ2) is 13.6. The van der Waals surface area contributed by atoms with Gasteiger partial charge in [0.05, 0.1) is 7.11 Å². The van der Waals surface area contributed by atoms with Crippen molar-refractivity contribution in [3.05, 3.63) is 41.5 Å². The largest absolute Gasteiger partial charge is 0.497 e. The maximum absolute atomic E-state index is 5.24. The number of rotatable bonds is 9. The van der Waals surface area contributed by atoms with Gasteiger partial charge in [-0.3, -0.25) is 0 Å². The van der Waals surface area contributed by atoms with Crippen LogP contribution in [0.3, 0.4) is 0 Å². The molecule has 8 heteroatoms. The van der Waals surface area contributed by atoms with Gasteiger partial charge in [0.1, 0.15) is 18.1 Å². The Morgan fingerprint density at radius 3 is 2.56 bits per heavy atom. The van der Waals surface area contributed by atoms with Gasteiger partial charge in [0.2, 0.25) is 0 Å². The first-order chi connectivity index (χ1) is 15.0. The number of methoxy groups -OCH3 is 1. The molecule has 1 fully saturated rings. The number of hydrogen-bond donors (Lipinski definition) is 2. The van der Waals surface area contributed by atoms with E-state index in [0.717, 1.165) is 54.7 Å². The maximum Gasteiger partial charge on any atom is 0.191 e. The summed E-state index contributed by atoms with van der Waals surface area (Å²) < 4.78 is 7.23. The van der Waals surface area contributed by atoms with Gasteiger partial charge in [0.25, 0.3) is 0 Å². The van der Waals surface area contributed by atoms with Crippen LogP contribution in [-0.2, 0) is 20.0 Å². The lowest BCUT2D eigenvalue weighted by Crippen LogP contribution is -2.39. The third kappa shape index (κ3) is 8.26. The van der Waals surface area contributed by atoms with E-state index in [9.17, 15) is 0 Å². The third-order valence-electron chi connectivity index (χ3n) is 6.32. The molecule has 178 valence electrons. The molecule has 0 aliphatic heterocycles. The molecule has 0 saturated heterocycles. The van der Waals surface area contributed by atoms with Crippen LogP contribution >= 0.6 is 24.0 Å². The first kappa shape index (κ1) is 26.4. The molecular weight excluding hydrogens is 515 g/mol. The van der Waals surface area contributed by atoms with Crippen molar-refractivity contribution in [1.82, 2.24) is 25.4 Å². The van der Waals surface area contributed by atoms with Gasteiger partial charge >= 0.3 is 0 Å². The van der Waals surface area contributed by atoms with Crippen molar-refractivity contribution < 1.29 is 4.74 Å². The van der Waals surface area contributed by atoms with E-state index in [1.165, 1.54) is 37.7 Å². The van der Waals surface area contributed by atoms with E-state index >= 15 is 0 Å². The Hall–Kier alpha value is -1.84. The number of nitrogens with one attached hydrogen (secondary N) is 2. The molecule has 32 heavy (non-hydrogen) atoms. The standard InChI is InChI=1S/C24H38N6O.HI/c1-18-6-5-7-21(16-18)13-15-26-24(27-17-23-29-28-19(2)30(23)3)25-14-12-20-8-10-22(31-4)11-9-20;/h8-11,18,21H,5-7,12-17H2,1-4H3,(H2,25,26,27);1H. The summed E-state index contributed by atoms with van der Waals surface area (Å²) in [5.41, 5.74) is 1.27. The average Bonchev–Trinajstić information content (AvgIpc) is 3.10. The minimum absolute atomic E-state index is 0. The summed E-state index contributed by atoms with van der Waals surface area (Å²) >= 11 is 0. The summed E-state index contributed by atoms with van der Waals surface area (Å²) in [6, 6.07) is 8.23. The van der Waals surface area contributed by atoms with Gasteiger partial charge in [-0.25, -0.2) is 4.99 Å². The molecule has 1 aliphatic carbocycles. The van der Waals surface area contributed by atoms with Crippen LogP contribution in [0.5, 0.6) is 5.75 Å². The topological polar surface area (TPSA) is 76.4 Å². The van der Waals surface area contributed by atoms with Crippen LogP contribution in [0.15, 0.2) is 29.3 Å². The molecule has 2 atom stereocenters. The van der Waals surface area contributed by atoms with E-state index in [1.807, 2.05) is 30.7 Å². The third-order valence-corrected chi connectivity index (χ3v) is 6.32. The molecular formula is C24H39IN6O. The van der Waals surface area contributed by atoms with Crippen LogP contribution in [0.25, 0.3) is 0 Å². The first-order valence-electron chi connectivity index (χ1n) is 11.5. The summed E-state index contributed by atoms with van der Waals surface area (Å²) in [6.07, 6.45) is 7.61. The average molecular weight is 555 g/mol. The number of halogens is 1. The molecule has 0 bridgehead atoms. The SMILES string of the molecule is COc1ccc(CCNC(=NCc2nnc(C)n2C)NCCC2CCCC(C)C2)cc1.I. The summed E-state index contributed by atoms with van der Waals surface area (Å²) in [7, 11) is 3.67. The summed E-state index contributed by atoms with van der Waals surface area (Å²) in [5, 5.41) is 15.4. The van der Waals surface area contributed by atoms with Crippen molar-refractivity contribution >= 4 is 29.9 Å². The van der Waals surface area contributed by atoms with Gasteiger partial charge in [-0.2, -0.15) is 0 Å². The summed E-state index contributed by atoms with van der Waals surface area (Å²) in [5.74, 6) is 5.20. The minimum Gasteiger partial charge on any atom is -0.497 e. The first-order valence-corrected chi connectivity index (χ1v) is 11.5. The second-order valence-electron chi connectivity index (χ2n) is 8.77. The molecule has 0 radical (unpaired) electrons. The Bertz CT molecular complexity index is 836. The molecule has 2 N–H and O–H groups in total. The van der Waals surface area contributed by atoms with Gasteiger partial charge in [0, 0.05) is 20.1 Å². The number of benzene rings is 1. The van der Waals surface area contributed by atoms with Crippen molar-refractivity contribution in [2.75, 3.05) is 20.2 Å². The van der Waals surface area contributed by atoms with Crippen LogP contribution in [0.4, 0.5) is 0 Å². The fourth-order valence-corrected chi connectivity index (χ4v) is 4.25. The molecule has 2 unspecified atom stereocenters. The Morgan fingerprint density at radius 1 is 1.16 bits per heavy atom. The normalized spacial score (nSPS) is 18.7. The zero-order chi connectivity index (χ0) is 22.1. The highest BCUT2D eigenvalue weighted by atomic mass is 127. The van der Waals surface area contributed by atoms with Crippen LogP contribution in [-0.4, -0.2) is 40.9 Å².